The molecule has 0 heterocycles. The Hall–Kier alpha value is -1.49. The topological polar surface area (TPSA) is 55.4 Å². The summed E-state index contributed by atoms with van der Waals surface area (Å²) in [4.78, 5) is 25.2. The molecule has 0 saturated heterocycles. The second kappa shape index (κ2) is 9.11. The van der Waals surface area contributed by atoms with Crippen LogP contribution >= 0.6 is 11.8 Å². The Bertz CT molecular complexity index is 549. The Labute approximate surface area is 148 Å². The summed E-state index contributed by atoms with van der Waals surface area (Å²) in [5, 5.41) is 3.06. The fourth-order valence-corrected chi connectivity index (χ4v) is 3.73. The zero-order chi connectivity index (χ0) is 17.5. The van der Waals surface area contributed by atoms with Crippen molar-refractivity contribution in [2.75, 3.05) is 5.75 Å². The molecular formula is C19H27NO3S. The molecular weight excluding hydrogens is 322 g/mol. The Morgan fingerprint density at radius 2 is 1.96 bits per heavy atom. The van der Waals surface area contributed by atoms with Crippen molar-refractivity contribution in [3.8, 4) is 0 Å². The maximum absolute atomic E-state index is 12.3. The van der Waals surface area contributed by atoms with Crippen LogP contribution in [0, 0.1) is 11.8 Å². The predicted molar refractivity (Wildman–Crippen MR) is 96.8 cm³/mol. The third kappa shape index (κ3) is 5.55. The number of nitrogens with one attached hydrogen (secondary N) is 1. The molecule has 0 aliphatic heterocycles. The van der Waals surface area contributed by atoms with Gasteiger partial charge in [0.05, 0.1) is 5.75 Å². The molecule has 1 aromatic carbocycles. The summed E-state index contributed by atoms with van der Waals surface area (Å²) in [7, 11) is 0. The van der Waals surface area contributed by atoms with E-state index in [0.29, 0.717) is 11.8 Å². The van der Waals surface area contributed by atoms with Gasteiger partial charge in [-0.05, 0) is 37.3 Å². The average molecular weight is 349 g/mol. The van der Waals surface area contributed by atoms with Gasteiger partial charge in [0.15, 0.2) is 6.10 Å². The third-order valence-electron chi connectivity index (χ3n) is 4.81. The van der Waals surface area contributed by atoms with Crippen LogP contribution in [-0.4, -0.2) is 29.8 Å². The summed E-state index contributed by atoms with van der Waals surface area (Å²) in [6.45, 7) is 6.05. The van der Waals surface area contributed by atoms with Crippen molar-refractivity contribution < 1.29 is 14.3 Å². The van der Waals surface area contributed by atoms with Gasteiger partial charge in [0.25, 0.3) is 5.91 Å². The van der Waals surface area contributed by atoms with Crippen LogP contribution in [0.25, 0.3) is 0 Å². The van der Waals surface area contributed by atoms with Crippen LogP contribution in [0.1, 0.15) is 40.0 Å². The van der Waals surface area contributed by atoms with Crippen molar-refractivity contribution in [2.45, 2.75) is 57.1 Å². The first-order valence-electron chi connectivity index (χ1n) is 8.65. The van der Waals surface area contributed by atoms with Gasteiger partial charge in [0, 0.05) is 10.9 Å². The first-order valence-corrected chi connectivity index (χ1v) is 9.63. The third-order valence-corrected chi connectivity index (χ3v) is 5.80. The fourth-order valence-electron chi connectivity index (χ4n) is 3.03. The lowest BCUT2D eigenvalue weighted by Gasteiger charge is -2.35. The summed E-state index contributed by atoms with van der Waals surface area (Å²) < 4.78 is 5.27. The van der Waals surface area contributed by atoms with Crippen LogP contribution < -0.4 is 5.32 Å². The lowest BCUT2D eigenvalue weighted by Crippen LogP contribution is -2.47. The first-order chi connectivity index (χ1) is 11.5. The molecule has 1 aliphatic carbocycles. The number of thioether (sulfide) groups is 1. The van der Waals surface area contributed by atoms with E-state index in [-0.39, 0.29) is 23.7 Å². The standard InChI is InChI=1S/C19H27NO3S/c1-13-8-7-11-17(14(13)2)20-19(22)15(3)23-18(21)12-24-16-9-5-4-6-10-16/h4-6,9-10,13-15,17H,7-8,11-12H2,1-3H3,(H,20,22)/t13-,14+,15+,17-/m0/s1. The Kier molecular flexibility index (Phi) is 7.16. The number of rotatable bonds is 6. The van der Waals surface area contributed by atoms with Crippen molar-refractivity contribution in [1.82, 2.24) is 5.32 Å². The van der Waals surface area contributed by atoms with Gasteiger partial charge in [-0.15, -0.1) is 11.8 Å². The molecule has 1 aromatic rings. The van der Waals surface area contributed by atoms with Crippen molar-refractivity contribution in [3.63, 3.8) is 0 Å². The monoisotopic (exact) mass is 349 g/mol. The Morgan fingerprint density at radius 3 is 2.67 bits per heavy atom. The smallest absolute Gasteiger partial charge is 0.317 e. The molecule has 1 amide bonds. The molecule has 2 rings (SSSR count). The Morgan fingerprint density at radius 1 is 1.25 bits per heavy atom. The molecule has 1 aliphatic rings. The molecule has 4 nitrogen and oxygen atoms in total. The fraction of sp³-hybridized carbons (Fsp3) is 0.579. The van der Waals surface area contributed by atoms with Gasteiger partial charge in [0.2, 0.25) is 0 Å². The van der Waals surface area contributed by atoms with Gasteiger partial charge in [-0.25, -0.2) is 0 Å². The number of amides is 1. The number of ether oxygens (including phenoxy) is 1. The van der Waals surface area contributed by atoms with Gasteiger partial charge >= 0.3 is 5.97 Å². The lowest BCUT2D eigenvalue weighted by atomic mass is 9.78. The molecule has 0 unspecified atom stereocenters. The SMILES string of the molecule is C[C@H]1[C@@H](NC(=O)[C@@H](C)OC(=O)CSc2ccccc2)CCC[C@@H]1C. The highest BCUT2D eigenvalue weighted by molar-refractivity contribution is 8.00. The molecule has 4 atom stereocenters. The van der Waals surface area contributed by atoms with Crippen LogP contribution in [0.15, 0.2) is 35.2 Å². The normalized spacial score (nSPS) is 24.9. The second-order valence-corrected chi connectivity index (χ2v) is 7.66. The van der Waals surface area contributed by atoms with Gasteiger partial charge < -0.3 is 10.1 Å². The number of carbonyl (C=O) groups excluding carboxylic acids is 2. The van der Waals surface area contributed by atoms with Gasteiger partial charge in [-0.2, -0.15) is 0 Å². The molecule has 1 fully saturated rings. The van der Waals surface area contributed by atoms with Crippen LogP contribution in [0.4, 0.5) is 0 Å². The zero-order valence-corrected chi connectivity index (χ0v) is 15.5. The maximum atomic E-state index is 12.3. The summed E-state index contributed by atoms with van der Waals surface area (Å²) in [6, 6.07) is 9.86. The van der Waals surface area contributed by atoms with E-state index in [4.69, 9.17) is 4.74 Å². The summed E-state index contributed by atoms with van der Waals surface area (Å²) >= 11 is 1.41. The van der Waals surface area contributed by atoms with E-state index in [1.54, 1.807) is 6.92 Å². The number of esters is 1. The van der Waals surface area contributed by atoms with E-state index < -0.39 is 6.10 Å². The van der Waals surface area contributed by atoms with Crippen LogP contribution in [0.5, 0.6) is 0 Å². The van der Waals surface area contributed by atoms with Crippen LogP contribution in [0.2, 0.25) is 0 Å². The van der Waals surface area contributed by atoms with Crippen LogP contribution in [-0.2, 0) is 14.3 Å². The van der Waals surface area contributed by atoms with Crippen molar-refractivity contribution in [3.05, 3.63) is 30.3 Å². The minimum absolute atomic E-state index is 0.182. The van der Waals surface area contributed by atoms with Gasteiger partial charge in [-0.1, -0.05) is 44.9 Å². The molecule has 24 heavy (non-hydrogen) atoms. The molecule has 5 heteroatoms. The predicted octanol–water partition coefficient (Wildman–Crippen LogP) is 3.65. The van der Waals surface area contributed by atoms with Crippen molar-refractivity contribution >= 4 is 23.6 Å². The largest absolute Gasteiger partial charge is 0.452 e. The minimum atomic E-state index is -0.752. The first kappa shape index (κ1) is 18.8. The quantitative estimate of drug-likeness (QED) is 0.629. The van der Waals surface area contributed by atoms with Gasteiger partial charge in [-0.3, -0.25) is 9.59 Å². The van der Waals surface area contributed by atoms with Crippen molar-refractivity contribution in [2.24, 2.45) is 11.8 Å². The number of benzene rings is 1. The molecule has 132 valence electrons. The summed E-state index contributed by atoms with van der Waals surface area (Å²) in [6.07, 6.45) is 2.60. The van der Waals surface area contributed by atoms with E-state index in [2.05, 4.69) is 19.2 Å². The van der Waals surface area contributed by atoms with Gasteiger partial charge in [0.1, 0.15) is 0 Å². The molecule has 1 saturated carbocycles. The number of hydrogen-bond acceptors (Lipinski definition) is 4. The highest BCUT2D eigenvalue weighted by Crippen LogP contribution is 2.29. The number of hydrogen-bond donors (Lipinski definition) is 1. The lowest BCUT2D eigenvalue weighted by molar-refractivity contribution is -0.152. The molecule has 0 spiro atoms. The van der Waals surface area contributed by atoms with E-state index in [1.165, 1.54) is 18.2 Å². The van der Waals surface area contributed by atoms with Crippen molar-refractivity contribution in [1.29, 1.82) is 0 Å². The van der Waals surface area contributed by atoms with Crippen LogP contribution in [0.3, 0.4) is 0 Å². The highest BCUT2D eigenvalue weighted by Gasteiger charge is 2.30. The molecule has 0 bridgehead atoms. The average Bonchev–Trinajstić information content (AvgIpc) is 2.58. The van der Waals surface area contributed by atoms with E-state index in [0.717, 1.165) is 17.7 Å². The molecule has 1 N–H and O–H groups in total. The molecule has 0 aromatic heterocycles. The van der Waals surface area contributed by atoms with E-state index in [9.17, 15) is 9.59 Å². The minimum Gasteiger partial charge on any atom is -0.452 e. The highest BCUT2D eigenvalue weighted by atomic mass is 32.2. The maximum Gasteiger partial charge on any atom is 0.317 e. The van der Waals surface area contributed by atoms with E-state index >= 15 is 0 Å². The summed E-state index contributed by atoms with van der Waals surface area (Å²) in [5.41, 5.74) is 0. The Balaban J connectivity index is 1.75. The second-order valence-electron chi connectivity index (χ2n) is 6.62. The van der Waals surface area contributed by atoms with E-state index in [1.807, 2.05) is 30.3 Å². The molecule has 0 radical (unpaired) electrons. The number of carbonyl (C=O) groups is 2. The zero-order valence-electron chi connectivity index (χ0n) is 14.7. The summed E-state index contributed by atoms with van der Waals surface area (Å²) in [5.74, 6) is 0.720.